The van der Waals surface area contributed by atoms with Crippen molar-refractivity contribution < 1.29 is 5.11 Å². The van der Waals surface area contributed by atoms with Gasteiger partial charge in [0, 0.05) is 13.5 Å². The van der Waals surface area contributed by atoms with Gasteiger partial charge in [0.25, 0.3) is 0 Å². The average Bonchev–Trinajstić information content (AvgIpc) is 2.54. The van der Waals surface area contributed by atoms with Crippen molar-refractivity contribution in [2.24, 2.45) is 12.5 Å². The number of hydrogen-bond acceptors (Lipinski definition) is 2. The van der Waals surface area contributed by atoms with Crippen LogP contribution in [0.4, 0.5) is 0 Å². The lowest BCUT2D eigenvalue weighted by Gasteiger charge is -2.41. The minimum atomic E-state index is -0.635. The molecule has 1 aromatic rings. The van der Waals surface area contributed by atoms with Crippen molar-refractivity contribution in [1.29, 1.82) is 0 Å². The van der Waals surface area contributed by atoms with E-state index in [1.54, 1.807) is 0 Å². The van der Waals surface area contributed by atoms with Gasteiger partial charge in [-0.1, -0.05) is 38.8 Å². The van der Waals surface area contributed by atoms with Crippen LogP contribution in [0.2, 0.25) is 5.02 Å². The van der Waals surface area contributed by atoms with Gasteiger partial charge in [0.2, 0.25) is 0 Å². The van der Waals surface area contributed by atoms with E-state index in [4.69, 9.17) is 11.6 Å². The van der Waals surface area contributed by atoms with Gasteiger partial charge in [0.05, 0.1) is 22.0 Å². The van der Waals surface area contributed by atoms with Gasteiger partial charge in [-0.15, -0.1) is 0 Å². The number of nitrogens with zero attached hydrogens (tertiary/aromatic N) is 2. The fourth-order valence-corrected chi connectivity index (χ4v) is 3.80. The lowest BCUT2D eigenvalue weighted by atomic mass is 9.68. The molecule has 0 amide bonds. The molecule has 1 heterocycles. The Morgan fingerprint density at radius 1 is 1.37 bits per heavy atom. The maximum atomic E-state index is 10.9. The molecule has 1 aromatic heterocycles. The molecule has 108 valence electrons. The van der Waals surface area contributed by atoms with Crippen LogP contribution in [0.3, 0.4) is 0 Å². The van der Waals surface area contributed by atoms with E-state index in [0.717, 1.165) is 42.1 Å². The third-order valence-electron chi connectivity index (χ3n) is 4.30. The SMILES string of the molecule is CCc1nn(C)c(CC2(O)CCCC(C)(C)C2)c1Cl. The predicted molar refractivity (Wildman–Crippen MR) is 78.5 cm³/mol. The third kappa shape index (κ3) is 3.14. The number of hydrogen-bond donors (Lipinski definition) is 1. The third-order valence-corrected chi connectivity index (χ3v) is 4.74. The summed E-state index contributed by atoms with van der Waals surface area (Å²) in [6.07, 6.45) is 5.41. The van der Waals surface area contributed by atoms with Gasteiger partial charge in [-0.3, -0.25) is 4.68 Å². The van der Waals surface area contributed by atoms with Crippen LogP contribution in [0.5, 0.6) is 0 Å². The summed E-state index contributed by atoms with van der Waals surface area (Å²) < 4.78 is 1.83. The number of aromatic nitrogens is 2. The summed E-state index contributed by atoms with van der Waals surface area (Å²) in [5, 5.41) is 16.1. The van der Waals surface area contributed by atoms with E-state index < -0.39 is 5.60 Å². The van der Waals surface area contributed by atoms with Gasteiger partial charge >= 0.3 is 0 Å². The van der Waals surface area contributed by atoms with Gasteiger partial charge in [-0.25, -0.2) is 0 Å². The van der Waals surface area contributed by atoms with Crippen LogP contribution in [-0.4, -0.2) is 20.5 Å². The average molecular weight is 285 g/mol. The molecule has 0 aliphatic heterocycles. The summed E-state index contributed by atoms with van der Waals surface area (Å²) in [4.78, 5) is 0. The highest BCUT2D eigenvalue weighted by molar-refractivity contribution is 6.31. The number of aliphatic hydroxyl groups is 1. The van der Waals surface area contributed by atoms with Crippen LogP contribution in [0.25, 0.3) is 0 Å². The number of rotatable bonds is 3. The summed E-state index contributed by atoms with van der Waals surface area (Å²) in [5.41, 5.74) is 1.48. The quantitative estimate of drug-likeness (QED) is 0.922. The molecule has 1 saturated carbocycles. The van der Waals surface area contributed by atoms with Crippen LogP contribution >= 0.6 is 11.6 Å². The van der Waals surface area contributed by atoms with E-state index >= 15 is 0 Å². The summed E-state index contributed by atoms with van der Waals surface area (Å²) in [5.74, 6) is 0. The minimum absolute atomic E-state index is 0.214. The molecule has 1 unspecified atom stereocenters. The summed E-state index contributed by atoms with van der Waals surface area (Å²) in [6.45, 7) is 6.52. The molecule has 3 nitrogen and oxygen atoms in total. The van der Waals surface area contributed by atoms with Crippen molar-refractivity contribution in [1.82, 2.24) is 9.78 Å². The molecule has 0 aromatic carbocycles. The molecule has 4 heteroatoms. The monoisotopic (exact) mass is 284 g/mol. The second-order valence-corrected chi connectivity index (χ2v) is 7.16. The predicted octanol–water partition coefficient (Wildman–Crippen LogP) is 3.51. The van der Waals surface area contributed by atoms with Gasteiger partial charge in [-0.2, -0.15) is 5.10 Å². The van der Waals surface area contributed by atoms with Gasteiger partial charge in [0.15, 0.2) is 0 Å². The standard InChI is InChI=1S/C15H25ClN2O/c1-5-11-13(16)12(18(4)17-11)9-15(19)8-6-7-14(2,3)10-15/h19H,5-10H2,1-4H3. The highest BCUT2D eigenvalue weighted by atomic mass is 35.5. The second-order valence-electron chi connectivity index (χ2n) is 6.78. The largest absolute Gasteiger partial charge is 0.389 e. The maximum absolute atomic E-state index is 10.9. The molecule has 2 rings (SSSR count). The molecule has 19 heavy (non-hydrogen) atoms. The van der Waals surface area contributed by atoms with E-state index in [0.29, 0.717) is 6.42 Å². The fraction of sp³-hybridized carbons (Fsp3) is 0.800. The Bertz CT molecular complexity index is 467. The lowest BCUT2D eigenvalue weighted by Crippen LogP contribution is -2.41. The summed E-state index contributed by atoms with van der Waals surface area (Å²) in [7, 11) is 1.91. The lowest BCUT2D eigenvalue weighted by molar-refractivity contribution is -0.0394. The normalized spacial score (nSPS) is 26.6. The first-order chi connectivity index (χ1) is 8.76. The smallest absolute Gasteiger partial charge is 0.0850 e. The van der Waals surface area contributed by atoms with Gasteiger partial charge in [-0.05, 0) is 31.1 Å². The molecule has 0 radical (unpaired) electrons. The molecule has 0 saturated heterocycles. The second kappa shape index (κ2) is 5.10. The van der Waals surface area contributed by atoms with E-state index in [1.807, 2.05) is 11.7 Å². The van der Waals surface area contributed by atoms with Crippen LogP contribution in [-0.2, 0) is 19.9 Å². The molecule has 1 N–H and O–H groups in total. The van der Waals surface area contributed by atoms with Crippen molar-refractivity contribution in [3.05, 3.63) is 16.4 Å². The molecule has 1 aliphatic rings. The Labute approximate surface area is 121 Å². The van der Waals surface area contributed by atoms with Gasteiger partial charge < -0.3 is 5.11 Å². The first kappa shape index (κ1) is 14.9. The van der Waals surface area contributed by atoms with Crippen molar-refractivity contribution in [3.8, 4) is 0 Å². The van der Waals surface area contributed by atoms with Crippen LogP contribution < -0.4 is 0 Å². The summed E-state index contributed by atoms with van der Waals surface area (Å²) in [6, 6.07) is 0. The molecular formula is C15H25ClN2O. The van der Waals surface area contributed by atoms with Crippen LogP contribution in [0.1, 0.15) is 57.8 Å². The highest BCUT2D eigenvalue weighted by Gasteiger charge is 2.39. The van der Waals surface area contributed by atoms with Crippen molar-refractivity contribution in [3.63, 3.8) is 0 Å². The van der Waals surface area contributed by atoms with Crippen LogP contribution in [0, 0.1) is 5.41 Å². The van der Waals surface area contributed by atoms with Crippen molar-refractivity contribution in [2.45, 2.75) is 64.9 Å². The minimum Gasteiger partial charge on any atom is -0.389 e. The Morgan fingerprint density at radius 2 is 2.05 bits per heavy atom. The molecular weight excluding hydrogens is 260 g/mol. The van der Waals surface area contributed by atoms with Crippen molar-refractivity contribution in [2.75, 3.05) is 0 Å². The zero-order valence-electron chi connectivity index (χ0n) is 12.5. The highest BCUT2D eigenvalue weighted by Crippen LogP contribution is 2.43. The summed E-state index contributed by atoms with van der Waals surface area (Å²) >= 11 is 6.39. The molecule has 0 spiro atoms. The van der Waals surface area contributed by atoms with Gasteiger partial charge in [0.1, 0.15) is 0 Å². The molecule has 0 bridgehead atoms. The zero-order valence-corrected chi connectivity index (χ0v) is 13.2. The molecule has 1 aliphatic carbocycles. The van der Waals surface area contributed by atoms with E-state index in [9.17, 15) is 5.11 Å². The van der Waals surface area contributed by atoms with E-state index in [2.05, 4.69) is 25.9 Å². The van der Waals surface area contributed by atoms with E-state index in [1.165, 1.54) is 6.42 Å². The Balaban J connectivity index is 2.23. The maximum Gasteiger partial charge on any atom is 0.0850 e. The number of halogens is 1. The molecule has 1 atom stereocenters. The van der Waals surface area contributed by atoms with E-state index in [-0.39, 0.29) is 5.41 Å². The first-order valence-corrected chi connectivity index (χ1v) is 7.57. The van der Waals surface area contributed by atoms with Crippen LogP contribution in [0.15, 0.2) is 0 Å². The first-order valence-electron chi connectivity index (χ1n) is 7.19. The zero-order chi connectivity index (χ0) is 14.3. The Kier molecular flexibility index (Phi) is 3.99. The topological polar surface area (TPSA) is 38.0 Å². The molecule has 1 fully saturated rings. The Hall–Kier alpha value is -0.540. The Morgan fingerprint density at radius 3 is 2.58 bits per heavy atom. The van der Waals surface area contributed by atoms with Crippen molar-refractivity contribution >= 4 is 11.6 Å². The fourth-order valence-electron chi connectivity index (χ4n) is 3.44. The number of aryl methyl sites for hydroxylation is 2.